The summed E-state index contributed by atoms with van der Waals surface area (Å²) in [6.07, 6.45) is 1.12. The lowest BCUT2D eigenvalue weighted by atomic mass is 10.2. The molecule has 0 aliphatic carbocycles. The first-order valence-electron chi connectivity index (χ1n) is 5.61. The number of aromatic nitrogens is 2. The van der Waals surface area contributed by atoms with Gasteiger partial charge in [-0.1, -0.05) is 6.92 Å². The maximum Gasteiger partial charge on any atom is 0.124 e. The molecular weight excluding hydrogens is 188 g/mol. The zero-order valence-corrected chi connectivity index (χ0v) is 10.2. The first-order valence-corrected chi connectivity index (χ1v) is 5.61. The Balaban J connectivity index is 2.28. The third-order valence-electron chi connectivity index (χ3n) is 2.44. The van der Waals surface area contributed by atoms with E-state index in [-0.39, 0.29) is 0 Å². The predicted octanol–water partition coefficient (Wildman–Crippen LogP) is 1.53. The molecule has 4 nitrogen and oxygen atoms in total. The van der Waals surface area contributed by atoms with E-state index in [9.17, 15) is 0 Å². The van der Waals surface area contributed by atoms with Crippen LogP contribution in [0.5, 0.6) is 0 Å². The number of nitrogens with zero attached hydrogens (tertiary/aromatic N) is 2. The SMILES string of the molecule is CCNC(C)CCNc1cc(C)nn1C. The molecular formula is C11H22N4. The number of hydrogen-bond donors (Lipinski definition) is 2. The number of rotatable bonds is 6. The third-order valence-corrected chi connectivity index (χ3v) is 2.44. The smallest absolute Gasteiger partial charge is 0.124 e. The Labute approximate surface area is 92.1 Å². The Morgan fingerprint density at radius 1 is 1.53 bits per heavy atom. The van der Waals surface area contributed by atoms with Gasteiger partial charge in [0.15, 0.2) is 0 Å². The third kappa shape index (κ3) is 3.91. The van der Waals surface area contributed by atoms with Crippen molar-refractivity contribution in [2.75, 3.05) is 18.4 Å². The molecule has 0 aromatic carbocycles. The summed E-state index contributed by atoms with van der Waals surface area (Å²) in [7, 11) is 1.96. The first-order chi connectivity index (χ1) is 7.13. The Bertz CT molecular complexity index is 293. The minimum atomic E-state index is 0.567. The van der Waals surface area contributed by atoms with Gasteiger partial charge in [-0.3, -0.25) is 4.68 Å². The van der Waals surface area contributed by atoms with E-state index in [4.69, 9.17) is 0 Å². The number of aryl methyl sites for hydroxylation is 2. The minimum Gasteiger partial charge on any atom is -0.370 e. The highest BCUT2D eigenvalue weighted by Gasteiger charge is 2.02. The highest BCUT2D eigenvalue weighted by atomic mass is 15.3. The fraction of sp³-hybridized carbons (Fsp3) is 0.727. The van der Waals surface area contributed by atoms with Gasteiger partial charge in [0.2, 0.25) is 0 Å². The van der Waals surface area contributed by atoms with Crippen LogP contribution in [0, 0.1) is 6.92 Å². The molecule has 15 heavy (non-hydrogen) atoms. The monoisotopic (exact) mass is 210 g/mol. The van der Waals surface area contributed by atoms with Crippen LogP contribution < -0.4 is 10.6 Å². The van der Waals surface area contributed by atoms with Crippen LogP contribution in [0.1, 0.15) is 26.0 Å². The Kier molecular flexibility index (Phi) is 4.62. The summed E-state index contributed by atoms with van der Waals surface area (Å²) in [4.78, 5) is 0. The topological polar surface area (TPSA) is 41.9 Å². The largest absolute Gasteiger partial charge is 0.370 e. The van der Waals surface area contributed by atoms with Gasteiger partial charge in [-0.15, -0.1) is 0 Å². The average molecular weight is 210 g/mol. The second-order valence-electron chi connectivity index (χ2n) is 3.97. The average Bonchev–Trinajstić information content (AvgIpc) is 2.46. The van der Waals surface area contributed by atoms with E-state index in [1.54, 1.807) is 0 Å². The quantitative estimate of drug-likeness (QED) is 0.748. The van der Waals surface area contributed by atoms with Crippen LogP contribution >= 0.6 is 0 Å². The summed E-state index contributed by atoms with van der Waals surface area (Å²) in [5.41, 5.74) is 1.06. The Hall–Kier alpha value is -1.03. The molecule has 4 heteroatoms. The summed E-state index contributed by atoms with van der Waals surface area (Å²) in [6.45, 7) is 8.36. The van der Waals surface area contributed by atoms with Gasteiger partial charge in [-0.05, 0) is 26.8 Å². The molecule has 1 aromatic heterocycles. The second-order valence-corrected chi connectivity index (χ2v) is 3.97. The number of nitrogens with one attached hydrogen (secondary N) is 2. The van der Waals surface area contributed by atoms with Crippen molar-refractivity contribution in [3.63, 3.8) is 0 Å². The van der Waals surface area contributed by atoms with E-state index < -0.39 is 0 Å². The van der Waals surface area contributed by atoms with E-state index >= 15 is 0 Å². The van der Waals surface area contributed by atoms with Crippen LogP contribution in [-0.4, -0.2) is 28.9 Å². The molecule has 0 amide bonds. The summed E-state index contributed by atoms with van der Waals surface area (Å²) < 4.78 is 1.88. The van der Waals surface area contributed by atoms with Gasteiger partial charge in [0, 0.05) is 25.7 Å². The second kappa shape index (κ2) is 5.75. The number of anilines is 1. The molecule has 0 aliphatic rings. The predicted molar refractivity (Wildman–Crippen MR) is 64.2 cm³/mol. The van der Waals surface area contributed by atoms with Crippen LogP contribution in [0.15, 0.2) is 6.07 Å². The summed E-state index contributed by atoms with van der Waals surface area (Å²) in [5, 5.41) is 11.1. The van der Waals surface area contributed by atoms with E-state index in [2.05, 4.69) is 35.6 Å². The van der Waals surface area contributed by atoms with Crippen LogP contribution in [0.3, 0.4) is 0 Å². The molecule has 1 aromatic rings. The van der Waals surface area contributed by atoms with Crippen molar-refractivity contribution in [3.05, 3.63) is 11.8 Å². The lowest BCUT2D eigenvalue weighted by molar-refractivity contribution is 0.542. The van der Waals surface area contributed by atoms with Crippen LogP contribution in [0.25, 0.3) is 0 Å². The van der Waals surface area contributed by atoms with Crippen molar-refractivity contribution in [1.82, 2.24) is 15.1 Å². The molecule has 2 N–H and O–H groups in total. The van der Waals surface area contributed by atoms with Crippen molar-refractivity contribution in [2.24, 2.45) is 7.05 Å². The van der Waals surface area contributed by atoms with Crippen LogP contribution in [-0.2, 0) is 7.05 Å². The van der Waals surface area contributed by atoms with Crippen molar-refractivity contribution in [2.45, 2.75) is 33.2 Å². The molecule has 1 atom stereocenters. The fourth-order valence-corrected chi connectivity index (χ4v) is 1.64. The molecule has 0 aliphatic heterocycles. The first kappa shape index (κ1) is 12.0. The molecule has 0 saturated heterocycles. The van der Waals surface area contributed by atoms with Gasteiger partial charge >= 0.3 is 0 Å². The van der Waals surface area contributed by atoms with Crippen molar-refractivity contribution < 1.29 is 0 Å². The van der Waals surface area contributed by atoms with Gasteiger partial charge in [0.1, 0.15) is 5.82 Å². The van der Waals surface area contributed by atoms with Crippen LogP contribution in [0.2, 0.25) is 0 Å². The molecule has 0 spiro atoms. The van der Waals surface area contributed by atoms with Crippen LogP contribution in [0.4, 0.5) is 5.82 Å². The van der Waals surface area contributed by atoms with E-state index in [1.165, 1.54) is 0 Å². The maximum absolute atomic E-state index is 4.28. The molecule has 0 bridgehead atoms. The van der Waals surface area contributed by atoms with Gasteiger partial charge < -0.3 is 10.6 Å². The molecule has 86 valence electrons. The molecule has 1 heterocycles. The van der Waals surface area contributed by atoms with Gasteiger partial charge in [-0.25, -0.2) is 0 Å². The molecule has 0 radical (unpaired) electrons. The number of hydrogen-bond acceptors (Lipinski definition) is 3. The maximum atomic E-state index is 4.28. The van der Waals surface area contributed by atoms with Gasteiger partial charge in [0.05, 0.1) is 5.69 Å². The summed E-state index contributed by atoms with van der Waals surface area (Å²) >= 11 is 0. The minimum absolute atomic E-state index is 0.567. The van der Waals surface area contributed by atoms with E-state index in [0.717, 1.165) is 31.0 Å². The lowest BCUT2D eigenvalue weighted by Crippen LogP contribution is -2.27. The molecule has 1 unspecified atom stereocenters. The lowest BCUT2D eigenvalue weighted by Gasteiger charge is -2.12. The molecule has 0 fully saturated rings. The molecule has 0 saturated carbocycles. The van der Waals surface area contributed by atoms with Gasteiger partial charge in [-0.2, -0.15) is 5.10 Å². The van der Waals surface area contributed by atoms with Gasteiger partial charge in [0.25, 0.3) is 0 Å². The zero-order chi connectivity index (χ0) is 11.3. The summed E-state index contributed by atoms with van der Waals surface area (Å²) in [6, 6.07) is 2.63. The zero-order valence-electron chi connectivity index (χ0n) is 10.2. The van der Waals surface area contributed by atoms with E-state index in [1.807, 2.05) is 18.7 Å². The fourth-order valence-electron chi connectivity index (χ4n) is 1.64. The highest BCUT2D eigenvalue weighted by Crippen LogP contribution is 2.07. The summed E-state index contributed by atoms with van der Waals surface area (Å²) in [5.74, 6) is 1.09. The van der Waals surface area contributed by atoms with Crippen molar-refractivity contribution in [3.8, 4) is 0 Å². The Morgan fingerprint density at radius 2 is 2.27 bits per heavy atom. The van der Waals surface area contributed by atoms with E-state index in [0.29, 0.717) is 6.04 Å². The standard InChI is InChI=1S/C11H22N4/c1-5-12-9(2)6-7-13-11-8-10(3)14-15(11)4/h8-9,12-13H,5-7H2,1-4H3. The van der Waals surface area contributed by atoms with Crippen molar-refractivity contribution >= 4 is 5.82 Å². The highest BCUT2D eigenvalue weighted by molar-refractivity contribution is 5.36. The Morgan fingerprint density at radius 3 is 2.80 bits per heavy atom. The van der Waals surface area contributed by atoms with Crippen molar-refractivity contribution in [1.29, 1.82) is 0 Å². The normalized spacial score (nSPS) is 12.8. The molecule has 1 rings (SSSR count).